The Morgan fingerprint density at radius 3 is 2.36 bits per heavy atom. The molecular weight excluding hydrogens is 474 g/mol. The van der Waals surface area contributed by atoms with E-state index in [-0.39, 0.29) is 0 Å². The number of sulfone groups is 1. The Balaban J connectivity index is 2.28. The van der Waals surface area contributed by atoms with E-state index in [0.29, 0.717) is 12.1 Å². The van der Waals surface area contributed by atoms with Gasteiger partial charge in [0.05, 0.1) is 21.8 Å². The van der Waals surface area contributed by atoms with Crippen LogP contribution >= 0.6 is 0 Å². The number of aliphatic hydroxyl groups is 1. The first-order chi connectivity index (χ1) is 15.1. The van der Waals surface area contributed by atoms with Gasteiger partial charge in [-0.2, -0.15) is 18.4 Å². The number of halogens is 4. The fourth-order valence-electron chi connectivity index (χ4n) is 2.53. The van der Waals surface area contributed by atoms with Crippen LogP contribution < -0.4 is 10.6 Å². The quantitative estimate of drug-likeness (QED) is 0.507. The van der Waals surface area contributed by atoms with Crippen molar-refractivity contribution in [1.29, 1.82) is 5.26 Å². The number of anilines is 1. The summed E-state index contributed by atoms with van der Waals surface area (Å²) in [5, 5.41) is 29.3. The Labute approximate surface area is 184 Å². The van der Waals surface area contributed by atoms with Crippen molar-refractivity contribution in [3.05, 3.63) is 46.9 Å². The molecule has 1 heterocycles. The zero-order valence-corrected chi connectivity index (χ0v) is 17.7. The smallest absolute Gasteiger partial charge is 0.379 e. The number of amides is 2. The number of benzene rings is 1. The van der Waals surface area contributed by atoms with Crippen molar-refractivity contribution < 1.29 is 40.7 Å². The third-order valence-electron chi connectivity index (χ3n) is 4.18. The van der Waals surface area contributed by atoms with Gasteiger partial charge in [-0.25, -0.2) is 12.8 Å². The van der Waals surface area contributed by atoms with Crippen LogP contribution in [0.3, 0.4) is 0 Å². The van der Waals surface area contributed by atoms with Crippen LogP contribution in [0.2, 0.25) is 0 Å². The summed E-state index contributed by atoms with van der Waals surface area (Å²) in [5.74, 6) is -5.54. The number of alkyl halides is 3. The molecule has 0 saturated heterocycles. The van der Waals surface area contributed by atoms with E-state index in [1.165, 1.54) is 13.1 Å². The van der Waals surface area contributed by atoms with Gasteiger partial charge < -0.3 is 15.7 Å². The summed E-state index contributed by atoms with van der Waals surface area (Å²) in [6.07, 6.45) is -5.00. The maximum atomic E-state index is 14.1. The lowest BCUT2D eigenvalue weighted by Gasteiger charge is -2.22. The lowest BCUT2D eigenvalue weighted by atomic mass is 10.1. The molecule has 2 rings (SSSR count). The van der Waals surface area contributed by atoms with Crippen molar-refractivity contribution >= 4 is 27.5 Å². The van der Waals surface area contributed by atoms with Crippen LogP contribution in [0.1, 0.15) is 28.5 Å². The Hall–Kier alpha value is -3.64. The zero-order chi connectivity index (χ0) is 25.2. The van der Waals surface area contributed by atoms with Crippen LogP contribution in [0.5, 0.6) is 0 Å². The van der Waals surface area contributed by atoms with Crippen molar-refractivity contribution in [2.45, 2.75) is 23.6 Å². The number of hydrogen-bond donors (Lipinski definition) is 3. The van der Waals surface area contributed by atoms with E-state index < -0.39 is 72.5 Å². The van der Waals surface area contributed by atoms with E-state index in [4.69, 9.17) is 5.26 Å². The summed E-state index contributed by atoms with van der Waals surface area (Å²) in [4.78, 5) is 23.2. The molecule has 10 nitrogen and oxygen atoms in total. The molecule has 1 aromatic carbocycles. The number of nitriles is 1. The highest BCUT2D eigenvalue weighted by molar-refractivity contribution is 7.91. The minimum Gasteiger partial charge on any atom is -0.379 e. The maximum absolute atomic E-state index is 14.1. The minimum absolute atomic E-state index is 0.293. The summed E-state index contributed by atoms with van der Waals surface area (Å²) in [6, 6.07) is 3.78. The molecule has 0 spiro atoms. The average Bonchev–Trinajstić information content (AvgIpc) is 2.71. The highest BCUT2D eigenvalue weighted by atomic mass is 32.2. The number of carbonyl (C=O) groups excluding carboxylic acids is 2. The predicted molar refractivity (Wildman–Crippen MR) is 103 cm³/mol. The van der Waals surface area contributed by atoms with Crippen LogP contribution in [0.15, 0.2) is 29.2 Å². The van der Waals surface area contributed by atoms with Gasteiger partial charge in [-0.15, -0.1) is 10.2 Å². The third kappa shape index (κ3) is 5.79. The van der Waals surface area contributed by atoms with Gasteiger partial charge in [0.25, 0.3) is 11.8 Å². The fourth-order valence-corrected chi connectivity index (χ4v) is 4.13. The molecular formula is C18H15F4N5O5S. The second-order valence-corrected chi connectivity index (χ2v) is 8.80. The average molecular weight is 489 g/mol. The standard InChI is InChI=1S/C18H15F4N5O5S/c1-17(30,8-33(31,32)9-3-4-10(12(19)5-9)15(28)24-2)16(29)25-14-6-11(18(20,21)22)13(7-23)26-27-14/h3-6,30H,8H2,1-2H3,(H,24,28)(H,25,27,29)/t17-/m0/s1. The van der Waals surface area contributed by atoms with Gasteiger partial charge in [0, 0.05) is 7.05 Å². The molecule has 15 heteroatoms. The van der Waals surface area contributed by atoms with Crippen LogP contribution in [0.25, 0.3) is 0 Å². The van der Waals surface area contributed by atoms with E-state index >= 15 is 0 Å². The number of hydrogen-bond acceptors (Lipinski definition) is 8. The predicted octanol–water partition coefficient (Wildman–Crippen LogP) is 1.03. The molecule has 0 radical (unpaired) electrons. The SMILES string of the molecule is CNC(=O)c1ccc(S(=O)(=O)C[C@](C)(O)C(=O)Nc2cc(C(F)(F)F)c(C#N)nn2)cc1F. The molecule has 0 aliphatic carbocycles. The minimum atomic E-state index is -5.00. The first kappa shape index (κ1) is 25.6. The second-order valence-electron chi connectivity index (χ2n) is 6.81. The molecule has 176 valence electrons. The Kier molecular flexibility index (Phi) is 7.05. The Morgan fingerprint density at radius 2 is 1.85 bits per heavy atom. The van der Waals surface area contributed by atoms with Gasteiger partial charge in [-0.1, -0.05) is 0 Å². The molecule has 3 N–H and O–H groups in total. The van der Waals surface area contributed by atoms with Gasteiger partial charge in [0.1, 0.15) is 11.9 Å². The van der Waals surface area contributed by atoms with Gasteiger partial charge in [-0.3, -0.25) is 9.59 Å². The van der Waals surface area contributed by atoms with Gasteiger partial charge in [0.2, 0.25) is 0 Å². The van der Waals surface area contributed by atoms with Crippen LogP contribution in [0, 0.1) is 17.1 Å². The molecule has 0 aliphatic rings. The molecule has 1 aromatic heterocycles. The molecule has 0 aliphatic heterocycles. The van der Waals surface area contributed by atoms with E-state index in [1.807, 2.05) is 0 Å². The largest absolute Gasteiger partial charge is 0.419 e. The lowest BCUT2D eigenvalue weighted by molar-refractivity contribution is -0.138. The van der Waals surface area contributed by atoms with Crippen molar-refractivity contribution in [3.8, 4) is 6.07 Å². The van der Waals surface area contributed by atoms with E-state index in [1.54, 1.807) is 5.32 Å². The number of rotatable bonds is 6. The molecule has 0 fully saturated rings. The van der Waals surface area contributed by atoms with Crippen LogP contribution in [0.4, 0.5) is 23.4 Å². The first-order valence-electron chi connectivity index (χ1n) is 8.75. The van der Waals surface area contributed by atoms with Gasteiger partial charge in [0.15, 0.2) is 27.0 Å². The number of nitrogens with one attached hydrogen (secondary N) is 2. The monoisotopic (exact) mass is 489 g/mol. The van der Waals surface area contributed by atoms with Crippen molar-refractivity contribution in [3.63, 3.8) is 0 Å². The molecule has 2 amide bonds. The van der Waals surface area contributed by atoms with E-state index in [0.717, 1.165) is 19.1 Å². The van der Waals surface area contributed by atoms with E-state index in [2.05, 4.69) is 15.5 Å². The summed E-state index contributed by atoms with van der Waals surface area (Å²) in [7, 11) is -3.28. The molecule has 0 saturated carbocycles. The lowest BCUT2D eigenvalue weighted by Crippen LogP contribution is -2.46. The fraction of sp³-hybridized carbons (Fsp3) is 0.278. The zero-order valence-electron chi connectivity index (χ0n) is 16.9. The number of nitrogens with zero attached hydrogens (tertiary/aromatic N) is 3. The molecule has 2 aromatic rings. The first-order valence-corrected chi connectivity index (χ1v) is 10.4. The van der Waals surface area contributed by atoms with Gasteiger partial charge in [-0.05, 0) is 31.2 Å². The number of aromatic nitrogens is 2. The highest BCUT2D eigenvalue weighted by Gasteiger charge is 2.39. The second kappa shape index (κ2) is 9.08. The summed E-state index contributed by atoms with van der Waals surface area (Å²) in [6.45, 7) is 0.761. The molecule has 33 heavy (non-hydrogen) atoms. The molecule has 0 bridgehead atoms. The van der Waals surface area contributed by atoms with Crippen LogP contribution in [-0.2, 0) is 20.8 Å². The van der Waals surface area contributed by atoms with Crippen molar-refractivity contribution in [2.75, 3.05) is 18.1 Å². The maximum Gasteiger partial charge on any atom is 0.419 e. The van der Waals surface area contributed by atoms with E-state index in [9.17, 15) is 40.7 Å². The van der Waals surface area contributed by atoms with Crippen molar-refractivity contribution in [1.82, 2.24) is 15.5 Å². The Bertz CT molecular complexity index is 1260. The normalized spacial score (nSPS) is 13.5. The van der Waals surface area contributed by atoms with Crippen LogP contribution in [-0.4, -0.2) is 53.9 Å². The van der Waals surface area contributed by atoms with Crippen molar-refractivity contribution in [2.24, 2.45) is 0 Å². The molecule has 1 atom stereocenters. The summed E-state index contributed by atoms with van der Waals surface area (Å²) in [5.41, 5.74) is -5.71. The summed E-state index contributed by atoms with van der Waals surface area (Å²) >= 11 is 0. The topological polar surface area (TPSA) is 162 Å². The highest BCUT2D eigenvalue weighted by Crippen LogP contribution is 2.32. The number of carbonyl (C=O) groups is 2. The Morgan fingerprint density at radius 1 is 1.21 bits per heavy atom. The molecule has 0 unspecified atom stereocenters. The summed E-state index contributed by atoms with van der Waals surface area (Å²) < 4.78 is 78.3. The van der Waals surface area contributed by atoms with Gasteiger partial charge >= 0.3 is 6.18 Å². The third-order valence-corrected chi connectivity index (χ3v) is 6.09.